The van der Waals surface area contributed by atoms with E-state index in [1.807, 2.05) is 6.07 Å². The molecule has 108 valence electrons. The summed E-state index contributed by atoms with van der Waals surface area (Å²) in [5.41, 5.74) is 1.23. The van der Waals surface area contributed by atoms with Crippen LogP contribution in [0.25, 0.3) is 0 Å². The summed E-state index contributed by atoms with van der Waals surface area (Å²) in [4.78, 5) is 32.0. The average Bonchev–Trinajstić information content (AvgIpc) is 3.03. The number of hydrogen-bond donors (Lipinski definition) is 2. The van der Waals surface area contributed by atoms with Crippen LogP contribution >= 0.6 is 0 Å². The highest BCUT2D eigenvalue weighted by molar-refractivity contribution is 6.03. The number of amides is 1. The van der Waals surface area contributed by atoms with Crippen molar-refractivity contribution >= 4 is 17.4 Å². The predicted octanol–water partition coefficient (Wildman–Crippen LogP) is 1.62. The molecule has 1 saturated heterocycles. The number of carbonyl (C=O) groups is 1. The van der Waals surface area contributed by atoms with Gasteiger partial charge in [0.15, 0.2) is 0 Å². The van der Waals surface area contributed by atoms with Gasteiger partial charge in [-0.1, -0.05) is 0 Å². The van der Waals surface area contributed by atoms with Crippen molar-refractivity contribution in [2.45, 2.75) is 12.8 Å². The van der Waals surface area contributed by atoms with Crippen LogP contribution in [-0.4, -0.2) is 29.0 Å². The van der Waals surface area contributed by atoms with Gasteiger partial charge in [-0.05, 0) is 31.0 Å². The van der Waals surface area contributed by atoms with Gasteiger partial charge < -0.3 is 15.2 Å². The first-order valence-corrected chi connectivity index (χ1v) is 6.93. The Morgan fingerprint density at radius 3 is 2.62 bits per heavy atom. The van der Waals surface area contributed by atoms with Crippen molar-refractivity contribution in [1.82, 2.24) is 9.97 Å². The lowest BCUT2D eigenvalue weighted by molar-refractivity contribution is 0.102. The fourth-order valence-electron chi connectivity index (χ4n) is 2.36. The van der Waals surface area contributed by atoms with Crippen LogP contribution in [0.4, 0.5) is 11.5 Å². The fraction of sp³-hybridized carbons (Fsp3) is 0.267. The number of rotatable bonds is 3. The zero-order chi connectivity index (χ0) is 14.7. The van der Waals surface area contributed by atoms with Gasteiger partial charge in [0.05, 0.1) is 17.4 Å². The number of anilines is 2. The quantitative estimate of drug-likeness (QED) is 0.898. The van der Waals surface area contributed by atoms with Gasteiger partial charge in [0.25, 0.3) is 5.91 Å². The van der Waals surface area contributed by atoms with Crippen LogP contribution in [0.15, 0.2) is 41.5 Å². The maximum Gasteiger partial charge on any atom is 0.258 e. The van der Waals surface area contributed by atoms with Crippen LogP contribution in [0.2, 0.25) is 0 Å². The number of pyridine rings is 2. The highest BCUT2D eigenvalue weighted by Gasteiger charge is 2.13. The van der Waals surface area contributed by atoms with Gasteiger partial charge in [0.1, 0.15) is 5.82 Å². The van der Waals surface area contributed by atoms with Crippen LogP contribution in [-0.2, 0) is 0 Å². The molecule has 3 rings (SSSR count). The zero-order valence-electron chi connectivity index (χ0n) is 11.5. The smallest absolute Gasteiger partial charge is 0.258 e. The third kappa shape index (κ3) is 3.10. The Morgan fingerprint density at radius 1 is 1.19 bits per heavy atom. The van der Waals surface area contributed by atoms with Gasteiger partial charge >= 0.3 is 0 Å². The highest BCUT2D eigenvalue weighted by atomic mass is 16.2. The molecule has 6 heteroatoms. The molecule has 1 amide bonds. The summed E-state index contributed by atoms with van der Waals surface area (Å²) < 4.78 is 0. The number of nitrogens with zero attached hydrogens (tertiary/aromatic N) is 2. The van der Waals surface area contributed by atoms with E-state index in [0.29, 0.717) is 11.4 Å². The summed E-state index contributed by atoms with van der Waals surface area (Å²) in [5, 5.41) is 2.70. The molecule has 0 saturated carbocycles. The number of aromatic amines is 1. The minimum atomic E-state index is -0.298. The molecule has 1 fully saturated rings. The summed E-state index contributed by atoms with van der Waals surface area (Å²) in [6, 6.07) is 6.55. The van der Waals surface area contributed by atoms with Gasteiger partial charge in [-0.2, -0.15) is 0 Å². The van der Waals surface area contributed by atoms with Gasteiger partial charge in [0.2, 0.25) is 5.56 Å². The molecule has 0 aromatic carbocycles. The number of hydrogen-bond acceptors (Lipinski definition) is 4. The molecule has 0 aliphatic carbocycles. The minimum absolute atomic E-state index is 0.236. The van der Waals surface area contributed by atoms with Crippen molar-refractivity contribution < 1.29 is 4.79 Å². The van der Waals surface area contributed by atoms with Crippen molar-refractivity contribution in [3.63, 3.8) is 0 Å². The van der Waals surface area contributed by atoms with Crippen LogP contribution in [0, 0.1) is 0 Å². The van der Waals surface area contributed by atoms with Crippen molar-refractivity contribution in [2.75, 3.05) is 23.3 Å². The van der Waals surface area contributed by atoms with E-state index >= 15 is 0 Å². The Labute approximate surface area is 121 Å². The van der Waals surface area contributed by atoms with Gasteiger partial charge in [-0.25, -0.2) is 4.98 Å². The summed E-state index contributed by atoms with van der Waals surface area (Å²) in [6.07, 6.45) is 5.58. The lowest BCUT2D eigenvalue weighted by Crippen LogP contribution is -2.18. The molecule has 6 nitrogen and oxygen atoms in total. The van der Waals surface area contributed by atoms with E-state index in [4.69, 9.17) is 0 Å². The third-order valence-corrected chi connectivity index (χ3v) is 3.51. The van der Waals surface area contributed by atoms with Crippen LogP contribution in [0.5, 0.6) is 0 Å². The molecule has 2 aromatic rings. The summed E-state index contributed by atoms with van der Waals surface area (Å²) in [5.74, 6) is 0.196. The molecule has 1 aliphatic rings. The first-order valence-electron chi connectivity index (χ1n) is 6.93. The third-order valence-electron chi connectivity index (χ3n) is 3.51. The molecule has 0 unspecified atom stereocenters. The molecule has 0 radical (unpaired) electrons. The van der Waals surface area contributed by atoms with Crippen molar-refractivity contribution in [3.8, 4) is 0 Å². The Kier molecular flexibility index (Phi) is 3.68. The molecule has 2 N–H and O–H groups in total. The van der Waals surface area contributed by atoms with E-state index in [9.17, 15) is 9.59 Å². The number of nitrogens with one attached hydrogen (secondary N) is 2. The maximum atomic E-state index is 12.0. The van der Waals surface area contributed by atoms with E-state index in [2.05, 4.69) is 20.2 Å². The molecule has 1 aliphatic heterocycles. The molecule has 21 heavy (non-hydrogen) atoms. The number of carbonyl (C=O) groups excluding carboxylic acids is 1. The lowest BCUT2D eigenvalue weighted by Gasteiger charge is -2.17. The maximum absolute atomic E-state index is 12.0. The molecule has 0 bridgehead atoms. The topological polar surface area (TPSA) is 78.1 Å². The Balaban J connectivity index is 1.68. The van der Waals surface area contributed by atoms with E-state index < -0.39 is 0 Å². The summed E-state index contributed by atoms with van der Waals surface area (Å²) in [6.45, 7) is 2.12. The van der Waals surface area contributed by atoms with E-state index in [0.717, 1.165) is 18.8 Å². The Morgan fingerprint density at radius 2 is 2.00 bits per heavy atom. The summed E-state index contributed by atoms with van der Waals surface area (Å²) >= 11 is 0. The number of H-pyrrole nitrogens is 1. The lowest BCUT2D eigenvalue weighted by atomic mass is 10.2. The minimum Gasteiger partial charge on any atom is -0.370 e. The molecular weight excluding hydrogens is 268 g/mol. The van der Waals surface area contributed by atoms with Crippen molar-refractivity contribution in [3.05, 3.63) is 52.6 Å². The second-order valence-electron chi connectivity index (χ2n) is 4.99. The standard InChI is InChI=1S/C15H16N4O2/c20-14-6-3-11(9-17-14)15(21)18-13-5-4-12(10-16-13)19-7-1-2-8-19/h3-6,9-10H,1-2,7-8H2,(H,17,20)(H,16,18,21). The Hall–Kier alpha value is -2.63. The molecule has 0 atom stereocenters. The first-order chi connectivity index (χ1) is 10.2. The average molecular weight is 284 g/mol. The van der Waals surface area contributed by atoms with E-state index in [1.165, 1.54) is 31.2 Å². The molecule has 3 heterocycles. The van der Waals surface area contributed by atoms with Crippen molar-refractivity contribution in [1.29, 1.82) is 0 Å². The van der Waals surface area contributed by atoms with Gasteiger partial charge in [-0.15, -0.1) is 0 Å². The predicted molar refractivity (Wildman–Crippen MR) is 80.7 cm³/mol. The van der Waals surface area contributed by atoms with Crippen LogP contribution < -0.4 is 15.8 Å². The monoisotopic (exact) mass is 284 g/mol. The van der Waals surface area contributed by atoms with Crippen LogP contribution in [0.1, 0.15) is 23.2 Å². The first kappa shape index (κ1) is 13.4. The van der Waals surface area contributed by atoms with E-state index in [-0.39, 0.29) is 11.5 Å². The molecular formula is C15H16N4O2. The number of aromatic nitrogens is 2. The van der Waals surface area contributed by atoms with Crippen molar-refractivity contribution in [2.24, 2.45) is 0 Å². The molecule has 0 spiro atoms. The van der Waals surface area contributed by atoms with Gasteiger partial charge in [0, 0.05) is 25.4 Å². The Bertz CT molecular complexity index is 667. The second kappa shape index (κ2) is 5.78. The highest BCUT2D eigenvalue weighted by Crippen LogP contribution is 2.20. The SMILES string of the molecule is O=C(Nc1ccc(N2CCCC2)cn1)c1ccc(=O)[nH]c1. The van der Waals surface area contributed by atoms with Gasteiger partial charge in [-0.3, -0.25) is 9.59 Å². The van der Waals surface area contributed by atoms with E-state index in [1.54, 1.807) is 12.3 Å². The normalized spacial score (nSPS) is 14.2. The van der Waals surface area contributed by atoms with Crippen LogP contribution in [0.3, 0.4) is 0 Å². The molecule has 2 aromatic heterocycles. The summed E-state index contributed by atoms with van der Waals surface area (Å²) in [7, 11) is 0. The fourth-order valence-corrected chi connectivity index (χ4v) is 2.36. The second-order valence-corrected chi connectivity index (χ2v) is 4.99. The zero-order valence-corrected chi connectivity index (χ0v) is 11.5. The largest absolute Gasteiger partial charge is 0.370 e.